The third-order valence-corrected chi connectivity index (χ3v) is 2.54. The summed E-state index contributed by atoms with van der Waals surface area (Å²) in [5, 5.41) is 11.5. The normalized spacial score (nSPS) is 16.0. The molecule has 1 aliphatic rings. The molecule has 0 atom stereocenters. The van der Waals surface area contributed by atoms with Gasteiger partial charge < -0.3 is 10.4 Å². The van der Waals surface area contributed by atoms with Crippen molar-refractivity contribution in [2.24, 2.45) is 0 Å². The molecule has 1 aliphatic carbocycles. The molecule has 0 aromatic carbocycles. The molecule has 17 heavy (non-hydrogen) atoms. The Labute approximate surface area is 102 Å². The third-order valence-electron chi connectivity index (χ3n) is 2.54. The van der Waals surface area contributed by atoms with Gasteiger partial charge in [-0.05, 0) is 33.6 Å². The van der Waals surface area contributed by atoms with Crippen LogP contribution >= 0.6 is 0 Å². The lowest BCUT2D eigenvalue weighted by atomic mass is 10.1. The molecule has 0 heterocycles. The van der Waals surface area contributed by atoms with Gasteiger partial charge in [0.15, 0.2) is 0 Å². The van der Waals surface area contributed by atoms with E-state index >= 15 is 0 Å². The fourth-order valence-electron chi connectivity index (χ4n) is 1.71. The van der Waals surface area contributed by atoms with Gasteiger partial charge in [0, 0.05) is 18.1 Å². The summed E-state index contributed by atoms with van der Waals surface area (Å²) >= 11 is 0. The van der Waals surface area contributed by atoms with Crippen LogP contribution in [0.5, 0.6) is 0 Å². The molecule has 1 rings (SSSR count). The predicted molar refractivity (Wildman–Crippen MR) is 64.7 cm³/mol. The fraction of sp³-hybridized carbons (Fsp3) is 0.833. The van der Waals surface area contributed by atoms with Crippen LogP contribution in [0.4, 0.5) is 0 Å². The van der Waals surface area contributed by atoms with Crippen LogP contribution in [0.1, 0.15) is 40.0 Å². The minimum absolute atomic E-state index is 0.0326. The monoisotopic (exact) mass is 242 g/mol. The van der Waals surface area contributed by atoms with Gasteiger partial charge in [-0.15, -0.1) is 0 Å². The number of nitrogens with one attached hydrogen (secondary N) is 1. The average molecular weight is 242 g/mol. The molecule has 0 saturated heterocycles. The highest BCUT2D eigenvalue weighted by Crippen LogP contribution is 2.26. The van der Waals surface area contributed by atoms with Crippen LogP contribution in [0.2, 0.25) is 0 Å². The first-order chi connectivity index (χ1) is 7.78. The number of nitrogens with zero attached hydrogens (tertiary/aromatic N) is 1. The predicted octanol–water partition coefficient (Wildman–Crippen LogP) is 0.840. The van der Waals surface area contributed by atoms with E-state index < -0.39 is 5.97 Å². The van der Waals surface area contributed by atoms with Crippen LogP contribution in [0, 0.1) is 0 Å². The van der Waals surface area contributed by atoms with Gasteiger partial charge in [-0.2, -0.15) is 0 Å². The van der Waals surface area contributed by atoms with E-state index in [1.54, 1.807) is 0 Å². The molecule has 0 aromatic rings. The van der Waals surface area contributed by atoms with E-state index in [1.165, 1.54) is 0 Å². The lowest BCUT2D eigenvalue weighted by Gasteiger charge is -2.25. The molecule has 98 valence electrons. The van der Waals surface area contributed by atoms with Crippen molar-refractivity contribution in [2.45, 2.75) is 51.6 Å². The number of aliphatic carboxylic acids is 1. The van der Waals surface area contributed by atoms with Crippen molar-refractivity contribution < 1.29 is 14.7 Å². The Morgan fingerprint density at radius 3 is 2.35 bits per heavy atom. The Morgan fingerprint density at radius 2 is 1.94 bits per heavy atom. The summed E-state index contributed by atoms with van der Waals surface area (Å²) in [6.07, 6.45) is 2.24. The molecular weight excluding hydrogens is 220 g/mol. The number of carbonyl (C=O) groups is 2. The molecule has 0 radical (unpaired) electrons. The molecule has 0 aromatic heterocycles. The van der Waals surface area contributed by atoms with Gasteiger partial charge in [-0.1, -0.05) is 0 Å². The largest absolute Gasteiger partial charge is 0.481 e. The van der Waals surface area contributed by atoms with E-state index in [9.17, 15) is 9.59 Å². The van der Waals surface area contributed by atoms with Gasteiger partial charge >= 0.3 is 5.97 Å². The van der Waals surface area contributed by atoms with Crippen LogP contribution in [0.25, 0.3) is 0 Å². The Balaban J connectivity index is 2.38. The topological polar surface area (TPSA) is 69.6 Å². The van der Waals surface area contributed by atoms with Crippen LogP contribution in [0.15, 0.2) is 0 Å². The second-order valence-electron chi connectivity index (χ2n) is 5.64. The molecule has 1 amide bonds. The van der Waals surface area contributed by atoms with E-state index in [0.717, 1.165) is 12.8 Å². The van der Waals surface area contributed by atoms with E-state index in [-0.39, 0.29) is 17.9 Å². The minimum atomic E-state index is -0.813. The minimum Gasteiger partial charge on any atom is -0.481 e. The van der Waals surface area contributed by atoms with Crippen molar-refractivity contribution in [3.05, 3.63) is 0 Å². The SMILES string of the molecule is CC(C)(C)NC(=O)CN(CCC(=O)O)C1CC1. The highest BCUT2D eigenvalue weighted by molar-refractivity contribution is 5.78. The van der Waals surface area contributed by atoms with Gasteiger partial charge in [0.2, 0.25) is 5.91 Å². The van der Waals surface area contributed by atoms with Crippen LogP contribution in [0.3, 0.4) is 0 Å². The molecule has 0 unspecified atom stereocenters. The maximum absolute atomic E-state index is 11.7. The van der Waals surface area contributed by atoms with Crippen LogP contribution < -0.4 is 5.32 Å². The number of amides is 1. The maximum Gasteiger partial charge on any atom is 0.304 e. The van der Waals surface area contributed by atoms with Gasteiger partial charge in [0.05, 0.1) is 13.0 Å². The number of carboxylic acid groups (broad SMARTS) is 1. The molecular formula is C12H22N2O3. The first-order valence-electron chi connectivity index (χ1n) is 6.05. The second kappa shape index (κ2) is 5.49. The summed E-state index contributed by atoms with van der Waals surface area (Å²) in [6, 6.07) is 0.403. The summed E-state index contributed by atoms with van der Waals surface area (Å²) in [5.41, 5.74) is -0.237. The van der Waals surface area contributed by atoms with Crippen molar-refractivity contribution in [3.63, 3.8) is 0 Å². The first-order valence-corrected chi connectivity index (χ1v) is 6.05. The number of carbonyl (C=O) groups excluding carboxylic acids is 1. The van der Waals surface area contributed by atoms with Crippen molar-refractivity contribution in [3.8, 4) is 0 Å². The molecule has 0 spiro atoms. The zero-order chi connectivity index (χ0) is 13.1. The third kappa shape index (κ3) is 6.26. The standard InChI is InChI=1S/C12H22N2O3/c1-12(2,3)13-10(15)8-14(9-4-5-9)7-6-11(16)17/h9H,4-8H2,1-3H3,(H,13,15)(H,16,17). The Bertz CT molecular complexity index is 293. The number of rotatable bonds is 6. The quantitative estimate of drug-likeness (QED) is 0.724. The lowest BCUT2D eigenvalue weighted by Crippen LogP contribution is -2.46. The molecule has 5 nitrogen and oxygen atoms in total. The van der Waals surface area contributed by atoms with E-state index in [0.29, 0.717) is 19.1 Å². The van der Waals surface area contributed by atoms with E-state index in [4.69, 9.17) is 5.11 Å². The zero-order valence-corrected chi connectivity index (χ0v) is 10.8. The van der Waals surface area contributed by atoms with Crippen molar-refractivity contribution >= 4 is 11.9 Å². The van der Waals surface area contributed by atoms with Crippen molar-refractivity contribution in [1.82, 2.24) is 10.2 Å². The highest BCUT2D eigenvalue weighted by Gasteiger charge is 2.30. The smallest absolute Gasteiger partial charge is 0.304 e. The average Bonchev–Trinajstić information content (AvgIpc) is 2.91. The molecule has 2 N–H and O–H groups in total. The number of carboxylic acids is 1. The zero-order valence-electron chi connectivity index (χ0n) is 10.8. The summed E-state index contributed by atoms with van der Waals surface area (Å²) < 4.78 is 0. The van der Waals surface area contributed by atoms with Gasteiger partial charge in [0.25, 0.3) is 0 Å². The lowest BCUT2D eigenvalue weighted by molar-refractivity contribution is -0.138. The van der Waals surface area contributed by atoms with Crippen molar-refractivity contribution in [2.75, 3.05) is 13.1 Å². The highest BCUT2D eigenvalue weighted by atomic mass is 16.4. The van der Waals surface area contributed by atoms with Crippen LogP contribution in [-0.4, -0.2) is 46.6 Å². The van der Waals surface area contributed by atoms with E-state index in [1.807, 2.05) is 25.7 Å². The maximum atomic E-state index is 11.7. The Morgan fingerprint density at radius 1 is 1.35 bits per heavy atom. The Kier molecular flexibility index (Phi) is 4.51. The number of hydrogen-bond acceptors (Lipinski definition) is 3. The molecule has 0 aliphatic heterocycles. The van der Waals surface area contributed by atoms with Crippen LogP contribution in [-0.2, 0) is 9.59 Å². The molecule has 5 heteroatoms. The fourth-order valence-corrected chi connectivity index (χ4v) is 1.71. The molecule has 0 bridgehead atoms. The second-order valence-corrected chi connectivity index (χ2v) is 5.64. The van der Waals surface area contributed by atoms with Gasteiger partial charge in [-0.25, -0.2) is 0 Å². The Hall–Kier alpha value is -1.10. The molecule has 1 fully saturated rings. The van der Waals surface area contributed by atoms with Gasteiger partial charge in [0.1, 0.15) is 0 Å². The summed E-state index contributed by atoms with van der Waals surface area (Å²) in [6.45, 7) is 6.56. The summed E-state index contributed by atoms with van der Waals surface area (Å²) in [4.78, 5) is 24.2. The number of hydrogen-bond donors (Lipinski definition) is 2. The van der Waals surface area contributed by atoms with Gasteiger partial charge in [-0.3, -0.25) is 14.5 Å². The summed E-state index contributed by atoms with van der Waals surface area (Å²) in [5.74, 6) is -0.846. The summed E-state index contributed by atoms with van der Waals surface area (Å²) in [7, 11) is 0. The molecule has 1 saturated carbocycles. The van der Waals surface area contributed by atoms with E-state index in [2.05, 4.69) is 5.32 Å². The van der Waals surface area contributed by atoms with Crippen molar-refractivity contribution in [1.29, 1.82) is 0 Å². The first kappa shape index (κ1) is 14.0.